The van der Waals surface area contributed by atoms with Crippen molar-refractivity contribution in [3.63, 3.8) is 0 Å². The van der Waals surface area contributed by atoms with Crippen LogP contribution in [0.3, 0.4) is 0 Å². The van der Waals surface area contributed by atoms with Gasteiger partial charge in [-0.2, -0.15) is 0 Å². The molecule has 40 heavy (non-hydrogen) atoms. The first-order valence-corrected chi connectivity index (χ1v) is 15.6. The lowest BCUT2D eigenvalue weighted by atomic mass is 9.68. The van der Waals surface area contributed by atoms with Crippen LogP contribution in [0.2, 0.25) is 0 Å². The molecule has 0 saturated heterocycles. The SMILES string of the molecule is CC1=CCCC(C)(C)C1/C=C/C(C)C/C=C/C(C)=C/C=C/C=C(C)/C=C/C=C(C)/C=C/C1=C(C)CCCC1(C)C. The minimum absolute atomic E-state index is 0.294. The van der Waals surface area contributed by atoms with E-state index in [0.717, 1.165) is 6.42 Å². The molecule has 2 rings (SSSR count). The molecule has 0 heteroatoms. The molecule has 2 aliphatic rings. The summed E-state index contributed by atoms with van der Waals surface area (Å²) in [5.74, 6) is 1.12. The van der Waals surface area contributed by atoms with Crippen molar-refractivity contribution in [1.82, 2.24) is 0 Å². The van der Waals surface area contributed by atoms with E-state index >= 15 is 0 Å². The van der Waals surface area contributed by atoms with Crippen molar-refractivity contribution in [3.05, 3.63) is 119 Å². The van der Waals surface area contributed by atoms with Crippen LogP contribution in [0.25, 0.3) is 0 Å². The predicted molar refractivity (Wildman–Crippen MR) is 181 cm³/mol. The molecule has 218 valence electrons. The number of hydrogen-bond acceptors (Lipinski definition) is 0. The Bertz CT molecular complexity index is 1140. The van der Waals surface area contributed by atoms with Gasteiger partial charge in [0.1, 0.15) is 0 Å². The summed E-state index contributed by atoms with van der Waals surface area (Å²) in [5.41, 5.74) is 9.07. The molecule has 0 amide bonds. The summed E-state index contributed by atoms with van der Waals surface area (Å²) in [6.45, 7) is 23.0. The van der Waals surface area contributed by atoms with Gasteiger partial charge in [0.05, 0.1) is 0 Å². The van der Waals surface area contributed by atoms with E-state index in [9.17, 15) is 0 Å². The van der Waals surface area contributed by atoms with E-state index in [0.29, 0.717) is 22.7 Å². The monoisotopic (exact) mass is 538 g/mol. The van der Waals surface area contributed by atoms with Gasteiger partial charge in [-0.15, -0.1) is 0 Å². The molecule has 0 radical (unpaired) electrons. The van der Waals surface area contributed by atoms with Gasteiger partial charge in [-0.25, -0.2) is 0 Å². The highest BCUT2D eigenvalue weighted by molar-refractivity contribution is 5.37. The first kappa shape index (κ1) is 33.6. The Morgan fingerprint density at radius 3 is 2.15 bits per heavy atom. The van der Waals surface area contributed by atoms with Crippen molar-refractivity contribution in [2.24, 2.45) is 22.7 Å². The van der Waals surface area contributed by atoms with Gasteiger partial charge in [0.15, 0.2) is 0 Å². The summed E-state index contributed by atoms with van der Waals surface area (Å²) in [4.78, 5) is 0. The maximum Gasteiger partial charge on any atom is 0.00254 e. The predicted octanol–water partition coefficient (Wildman–Crippen LogP) is 12.5. The van der Waals surface area contributed by atoms with E-state index in [2.05, 4.69) is 154 Å². The van der Waals surface area contributed by atoms with Gasteiger partial charge in [0, 0.05) is 5.92 Å². The molecule has 0 N–H and O–H groups in total. The number of allylic oxidation sites excluding steroid dienone is 20. The second kappa shape index (κ2) is 16.0. The standard InChI is InChI=1S/C40H58/c1-31(19-13-21-33(3)25-27-37-35(5)23-15-29-39(37,7)8)17-11-12-18-32(2)20-14-22-34(4)26-28-38-36(6)24-16-30-40(38,9)10/h11-14,17-21,24-28,34,38H,15-16,22-23,29-30H2,1-10H3/b12-11+,19-13+,20-14+,27-25+,28-26+,31-17+,32-18+,33-21+. The van der Waals surface area contributed by atoms with Gasteiger partial charge < -0.3 is 0 Å². The lowest BCUT2D eigenvalue weighted by Crippen LogP contribution is -2.26. The van der Waals surface area contributed by atoms with Crippen LogP contribution >= 0.6 is 0 Å². The molecule has 0 fully saturated rings. The lowest BCUT2D eigenvalue weighted by Gasteiger charge is -2.36. The minimum Gasteiger partial charge on any atom is -0.0850 e. The molecule has 0 aromatic rings. The fraction of sp³-hybridized carbons (Fsp3) is 0.500. The second-order valence-corrected chi connectivity index (χ2v) is 13.7. The van der Waals surface area contributed by atoms with Crippen LogP contribution < -0.4 is 0 Å². The molecule has 0 saturated carbocycles. The van der Waals surface area contributed by atoms with Crippen molar-refractivity contribution in [2.45, 2.75) is 108 Å². The highest BCUT2D eigenvalue weighted by Crippen LogP contribution is 2.42. The summed E-state index contributed by atoms with van der Waals surface area (Å²) >= 11 is 0. The van der Waals surface area contributed by atoms with Gasteiger partial charge in [0.2, 0.25) is 0 Å². The molecule has 2 aliphatic carbocycles. The average molecular weight is 539 g/mol. The zero-order chi connectivity index (χ0) is 29.8. The fourth-order valence-electron chi connectivity index (χ4n) is 5.99. The second-order valence-electron chi connectivity index (χ2n) is 13.7. The Morgan fingerprint density at radius 1 is 0.875 bits per heavy atom. The third kappa shape index (κ3) is 11.5. The minimum atomic E-state index is 0.294. The molecule has 0 aromatic heterocycles. The number of rotatable bonds is 11. The van der Waals surface area contributed by atoms with Crippen LogP contribution in [-0.2, 0) is 0 Å². The van der Waals surface area contributed by atoms with Gasteiger partial charge >= 0.3 is 0 Å². The van der Waals surface area contributed by atoms with Gasteiger partial charge in [-0.05, 0) is 95.5 Å². The Hall–Kier alpha value is -2.60. The van der Waals surface area contributed by atoms with Crippen molar-refractivity contribution < 1.29 is 0 Å². The van der Waals surface area contributed by atoms with Gasteiger partial charge in [0.25, 0.3) is 0 Å². The smallest absolute Gasteiger partial charge is 0.00254 e. The quantitative estimate of drug-likeness (QED) is 0.181. The van der Waals surface area contributed by atoms with Crippen molar-refractivity contribution in [1.29, 1.82) is 0 Å². The molecular formula is C40H58. The maximum atomic E-state index is 2.46. The molecule has 0 aliphatic heterocycles. The molecule has 0 bridgehead atoms. The maximum absolute atomic E-state index is 2.46. The molecule has 0 spiro atoms. The van der Waals surface area contributed by atoms with E-state index in [1.807, 2.05) is 0 Å². The van der Waals surface area contributed by atoms with Crippen LogP contribution in [0, 0.1) is 22.7 Å². The van der Waals surface area contributed by atoms with E-state index in [1.54, 1.807) is 5.57 Å². The first-order chi connectivity index (χ1) is 18.8. The summed E-state index contributed by atoms with van der Waals surface area (Å²) in [6, 6.07) is 0. The summed E-state index contributed by atoms with van der Waals surface area (Å²) in [6.07, 6.45) is 39.0. The third-order valence-electron chi connectivity index (χ3n) is 8.71. The van der Waals surface area contributed by atoms with E-state index in [1.165, 1.54) is 60.0 Å². The molecule has 2 unspecified atom stereocenters. The van der Waals surface area contributed by atoms with Crippen molar-refractivity contribution >= 4 is 0 Å². The van der Waals surface area contributed by atoms with Crippen LogP contribution in [0.15, 0.2) is 119 Å². The average Bonchev–Trinajstić information content (AvgIpc) is 2.85. The molecule has 2 atom stereocenters. The Balaban J connectivity index is 1.82. The fourth-order valence-corrected chi connectivity index (χ4v) is 5.99. The van der Waals surface area contributed by atoms with E-state index in [-0.39, 0.29) is 0 Å². The van der Waals surface area contributed by atoms with E-state index in [4.69, 9.17) is 0 Å². The summed E-state index contributed by atoms with van der Waals surface area (Å²) in [5, 5.41) is 0. The normalized spacial score (nSPS) is 23.9. The Kier molecular flexibility index (Phi) is 13.4. The zero-order valence-electron chi connectivity index (χ0n) is 27.5. The van der Waals surface area contributed by atoms with Gasteiger partial charge in [-0.3, -0.25) is 0 Å². The summed E-state index contributed by atoms with van der Waals surface area (Å²) in [7, 11) is 0. The highest BCUT2D eigenvalue weighted by Gasteiger charge is 2.30. The molecule has 0 heterocycles. The largest absolute Gasteiger partial charge is 0.0850 e. The van der Waals surface area contributed by atoms with E-state index < -0.39 is 0 Å². The van der Waals surface area contributed by atoms with Crippen LogP contribution in [0.5, 0.6) is 0 Å². The molecule has 0 nitrogen and oxygen atoms in total. The van der Waals surface area contributed by atoms with Crippen LogP contribution in [0.1, 0.15) is 108 Å². The first-order valence-electron chi connectivity index (χ1n) is 15.6. The number of hydrogen-bond donors (Lipinski definition) is 0. The lowest BCUT2D eigenvalue weighted by molar-refractivity contribution is 0.255. The Morgan fingerprint density at radius 2 is 1.50 bits per heavy atom. The summed E-state index contributed by atoms with van der Waals surface area (Å²) < 4.78 is 0. The molecule has 0 aromatic carbocycles. The highest BCUT2D eigenvalue weighted by atomic mass is 14.4. The van der Waals surface area contributed by atoms with Crippen molar-refractivity contribution in [3.8, 4) is 0 Å². The Labute approximate surface area is 248 Å². The zero-order valence-corrected chi connectivity index (χ0v) is 27.5. The van der Waals surface area contributed by atoms with Gasteiger partial charge in [-0.1, -0.05) is 148 Å². The van der Waals surface area contributed by atoms with Crippen molar-refractivity contribution in [2.75, 3.05) is 0 Å². The molecular weight excluding hydrogens is 480 g/mol. The topological polar surface area (TPSA) is 0 Å². The van der Waals surface area contributed by atoms with Crippen LogP contribution in [-0.4, -0.2) is 0 Å². The van der Waals surface area contributed by atoms with Crippen LogP contribution in [0.4, 0.5) is 0 Å². The third-order valence-corrected chi connectivity index (χ3v) is 8.71.